The maximum atomic E-state index is 11.8. The number of likely N-dealkylation sites (tertiary alicyclic amines) is 1. The van der Waals surface area contributed by atoms with Gasteiger partial charge in [0.25, 0.3) is 0 Å². The second-order valence-corrected chi connectivity index (χ2v) is 4.93. The molecule has 0 aromatic carbocycles. The summed E-state index contributed by atoms with van der Waals surface area (Å²) >= 11 is 0. The van der Waals surface area contributed by atoms with Crippen LogP contribution in [-0.4, -0.2) is 29.7 Å². The van der Waals surface area contributed by atoms with E-state index in [0.29, 0.717) is 0 Å². The van der Waals surface area contributed by atoms with E-state index in [9.17, 15) is 4.79 Å². The molecule has 0 aliphatic carbocycles. The van der Waals surface area contributed by atoms with Gasteiger partial charge in [0, 0.05) is 13.1 Å². The zero-order chi connectivity index (χ0) is 11.3. The molecule has 1 rings (SSSR count). The molecule has 1 fully saturated rings. The van der Waals surface area contributed by atoms with E-state index < -0.39 is 0 Å². The number of amides is 1. The van der Waals surface area contributed by atoms with Crippen LogP contribution >= 0.6 is 0 Å². The molecule has 0 saturated carbocycles. The molecule has 0 atom stereocenters. The van der Waals surface area contributed by atoms with Gasteiger partial charge in [-0.1, -0.05) is 13.3 Å². The fraction of sp³-hybridized carbons (Fsp3) is 0.917. The lowest BCUT2D eigenvalue weighted by molar-refractivity contribution is 0.00530. The van der Waals surface area contributed by atoms with Gasteiger partial charge in [-0.25, -0.2) is 4.79 Å². The van der Waals surface area contributed by atoms with Crippen molar-refractivity contribution < 1.29 is 9.53 Å². The molecule has 88 valence electrons. The van der Waals surface area contributed by atoms with E-state index >= 15 is 0 Å². The minimum absolute atomic E-state index is 0.131. The number of hydrogen-bond acceptors (Lipinski definition) is 2. The number of hydrogen-bond donors (Lipinski definition) is 0. The van der Waals surface area contributed by atoms with E-state index in [4.69, 9.17) is 4.74 Å². The fourth-order valence-corrected chi connectivity index (χ4v) is 2.03. The van der Waals surface area contributed by atoms with Crippen LogP contribution in [0, 0.1) is 0 Å². The van der Waals surface area contributed by atoms with Crippen LogP contribution in [0.2, 0.25) is 0 Å². The Labute approximate surface area is 92.8 Å². The van der Waals surface area contributed by atoms with E-state index in [1.54, 1.807) is 0 Å². The second kappa shape index (κ2) is 5.38. The summed E-state index contributed by atoms with van der Waals surface area (Å²) in [6, 6.07) is 0. The molecule has 0 radical (unpaired) electrons. The lowest BCUT2D eigenvalue weighted by Gasteiger charge is -2.31. The molecule has 1 saturated heterocycles. The molecule has 0 bridgehead atoms. The first-order chi connectivity index (χ1) is 7.05. The monoisotopic (exact) mass is 213 g/mol. The van der Waals surface area contributed by atoms with Crippen molar-refractivity contribution in [1.82, 2.24) is 4.90 Å². The molecule has 1 amide bonds. The molecular formula is C12H23NO2. The summed E-state index contributed by atoms with van der Waals surface area (Å²) in [7, 11) is 0. The van der Waals surface area contributed by atoms with Gasteiger partial charge in [0.15, 0.2) is 0 Å². The second-order valence-electron chi connectivity index (χ2n) is 4.93. The van der Waals surface area contributed by atoms with Crippen molar-refractivity contribution in [2.24, 2.45) is 0 Å². The predicted molar refractivity (Wildman–Crippen MR) is 60.9 cm³/mol. The molecule has 0 aromatic rings. The van der Waals surface area contributed by atoms with E-state index in [0.717, 1.165) is 38.8 Å². The zero-order valence-corrected chi connectivity index (χ0v) is 10.2. The molecule has 0 spiro atoms. The van der Waals surface area contributed by atoms with Gasteiger partial charge in [-0.15, -0.1) is 0 Å². The van der Waals surface area contributed by atoms with Crippen LogP contribution < -0.4 is 0 Å². The topological polar surface area (TPSA) is 29.5 Å². The number of nitrogens with zero attached hydrogens (tertiary/aromatic N) is 1. The maximum Gasteiger partial charge on any atom is 0.410 e. The standard InChI is InChI=1S/C12H23NO2/c1-4-8-12(2,3)15-11(14)13-9-6-5-7-10-13/h4-10H2,1-3H3. The summed E-state index contributed by atoms with van der Waals surface area (Å²) in [5.41, 5.74) is -0.316. The van der Waals surface area contributed by atoms with E-state index in [-0.39, 0.29) is 11.7 Å². The van der Waals surface area contributed by atoms with Crippen molar-refractivity contribution >= 4 is 6.09 Å². The largest absolute Gasteiger partial charge is 0.443 e. The van der Waals surface area contributed by atoms with Crippen LogP contribution in [0.1, 0.15) is 52.9 Å². The van der Waals surface area contributed by atoms with Gasteiger partial charge in [0.1, 0.15) is 5.60 Å². The Bertz CT molecular complexity index is 208. The highest BCUT2D eigenvalue weighted by Gasteiger charge is 2.26. The summed E-state index contributed by atoms with van der Waals surface area (Å²) in [6.45, 7) is 7.80. The fourth-order valence-electron chi connectivity index (χ4n) is 2.03. The van der Waals surface area contributed by atoms with Gasteiger partial charge in [-0.3, -0.25) is 0 Å². The zero-order valence-electron chi connectivity index (χ0n) is 10.2. The first-order valence-corrected chi connectivity index (χ1v) is 6.03. The molecule has 0 unspecified atom stereocenters. The van der Waals surface area contributed by atoms with Crippen molar-refractivity contribution in [2.75, 3.05) is 13.1 Å². The van der Waals surface area contributed by atoms with Crippen LogP contribution in [0.4, 0.5) is 4.79 Å². The molecular weight excluding hydrogens is 190 g/mol. The Balaban J connectivity index is 2.39. The first kappa shape index (κ1) is 12.3. The summed E-state index contributed by atoms with van der Waals surface area (Å²) in [5.74, 6) is 0. The van der Waals surface area contributed by atoms with E-state index in [1.807, 2.05) is 18.7 Å². The molecule has 1 aliphatic rings. The number of rotatable bonds is 3. The lowest BCUT2D eigenvalue weighted by Crippen LogP contribution is -2.40. The molecule has 3 nitrogen and oxygen atoms in total. The Morgan fingerprint density at radius 3 is 2.40 bits per heavy atom. The highest BCUT2D eigenvalue weighted by Crippen LogP contribution is 2.19. The minimum Gasteiger partial charge on any atom is -0.443 e. The van der Waals surface area contributed by atoms with Gasteiger partial charge >= 0.3 is 6.09 Å². The Kier molecular flexibility index (Phi) is 4.43. The van der Waals surface area contributed by atoms with Gasteiger partial charge in [0.2, 0.25) is 0 Å². The summed E-state index contributed by atoms with van der Waals surface area (Å²) in [5, 5.41) is 0. The third-order valence-corrected chi connectivity index (χ3v) is 2.83. The molecule has 1 aliphatic heterocycles. The maximum absolute atomic E-state index is 11.8. The Hall–Kier alpha value is -0.730. The molecule has 3 heteroatoms. The quantitative estimate of drug-likeness (QED) is 0.720. The van der Waals surface area contributed by atoms with Crippen molar-refractivity contribution in [3.8, 4) is 0 Å². The van der Waals surface area contributed by atoms with Crippen LogP contribution in [0.25, 0.3) is 0 Å². The van der Waals surface area contributed by atoms with E-state index in [2.05, 4.69) is 6.92 Å². The smallest absolute Gasteiger partial charge is 0.410 e. The summed E-state index contributed by atoms with van der Waals surface area (Å²) in [4.78, 5) is 13.6. The number of ether oxygens (including phenoxy) is 1. The van der Waals surface area contributed by atoms with Crippen LogP contribution in [0.3, 0.4) is 0 Å². The van der Waals surface area contributed by atoms with Crippen molar-refractivity contribution in [3.05, 3.63) is 0 Å². The summed E-state index contributed by atoms with van der Waals surface area (Å²) in [6.07, 6.45) is 5.30. The van der Waals surface area contributed by atoms with Crippen LogP contribution in [0.5, 0.6) is 0 Å². The molecule has 0 aromatic heterocycles. The van der Waals surface area contributed by atoms with Crippen molar-refractivity contribution in [1.29, 1.82) is 0 Å². The SMILES string of the molecule is CCCC(C)(C)OC(=O)N1CCCCC1. The van der Waals surface area contributed by atoms with Crippen molar-refractivity contribution in [2.45, 2.75) is 58.5 Å². The van der Waals surface area contributed by atoms with Gasteiger partial charge in [-0.2, -0.15) is 0 Å². The lowest BCUT2D eigenvalue weighted by atomic mass is 10.0. The minimum atomic E-state index is -0.316. The van der Waals surface area contributed by atoms with Gasteiger partial charge in [-0.05, 0) is 39.5 Å². The number of carbonyl (C=O) groups excluding carboxylic acids is 1. The highest BCUT2D eigenvalue weighted by molar-refractivity contribution is 5.68. The average Bonchev–Trinajstić information content (AvgIpc) is 2.18. The van der Waals surface area contributed by atoms with Crippen molar-refractivity contribution in [3.63, 3.8) is 0 Å². The third-order valence-electron chi connectivity index (χ3n) is 2.83. The normalized spacial score (nSPS) is 17.7. The van der Waals surface area contributed by atoms with Crippen LogP contribution in [0.15, 0.2) is 0 Å². The Morgan fingerprint density at radius 1 is 1.27 bits per heavy atom. The van der Waals surface area contributed by atoms with E-state index in [1.165, 1.54) is 6.42 Å². The number of carbonyl (C=O) groups is 1. The Morgan fingerprint density at radius 2 is 1.87 bits per heavy atom. The average molecular weight is 213 g/mol. The highest BCUT2D eigenvalue weighted by atomic mass is 16.6. The number of piperidine rings is 1. The third kappa shape index (κ3) is 4.10. The van der Waals surface area contributed by atoms with Gasteiger partial charge in [0.05, 0.1) is 0 Å². The molecule has 15 heavy (non-hydrogen) atoms. The predicted octanol–water partition coefficient (Wildman–Crippen LogP) is 3.19. The molecule has 0 N–H and O–H groups in total. The van der Waals surface area contributed by atoms with Crippen LogP contribution in [-0.2, 0) is 4.74 Å². The first-order valence-electron chi connectivity index (χ1n) is 6.03. The summed E-state index contributed by atoms with van der Waals surface area (Å²) < 4.78 is 5.50. The molecule has 1 heterocycles. The van der Waals surface area contributed by atoms with Gasteiger partial charge < -0.3 is 9.64 Å².